The second kappa shape index (κ2) is 9.68. The van der Waals surface area contributed by atoms with Gasteiger partial charge in [-0.05, 0) is 92.5 Å². The van der Waals surface area contributed by atoms with Crippen molar-refractivity contribution in [1.29, 1.82) is 0 Å². The minimum absolute atomic E-state index is 0.475. The van der Waals surface area contributed by atoms with E-state index in [4.69, 9.17) is 4.98 Å². The fraction of sp³-hybridized carbons (Fsp3) is 0.0488. The Morgan fingerprint density at radius 3 is 1.79 bits per heavy atom. The van der Waals surface area contributed by atoms with Gasteiger partial charge in [-0.1, -0.05) is 127 Å². The molecule has 8 rings (SSSR count). The number of rotatable bonds is 4. The molecule has 1 aliphatic carbocycles. The van der Waals surface area contributed by atoms with Gasteiger partial charge in [-0.3, -0.25) is 4.98 Å². The van der Waals surface area contributed by atoms with E-state index >= 15 is 0 Å². The zero-order valence-electron chi connectivity index (χ0n) is 23.5. The average molecular weight is 536 g/mol. The van der Waals surface area contributed by atoms with Crippen LogP contribution in [0.2, 0.25) is 0 Å². The van der Waals surface area contributed by atoms with Crippen molar-refractivity contribution in [3.8, 4) is 33.5 Å². The molecule has 0 radical (unpaired) electrons. The van der Waals surface area contributed by atoms with E-state index in [0.29, 0.717) is 0 Å². The zero-order valence-corrected chi connectivity index (χ0v) is 23.5. The average Bonchev–Trinajstić information content (AvgIpc) is 3.35. The second-order valence-corrected chi connectivity index (χ2v) is 11.3. The smallest absolute Gasteiger partial charge is 0.0714 e. The first-order valence-corrected chi connectivity index (χ1v) is 14.5. The van der Waals surface area contributed by atoms with E-state index in [1.54, 1.807) is 0 Å². The molecule has 1 unspecified atom stereocenters. The normalized spacial score (nSPS) is 15.4. The summed E-state index contributed by atoms with van der Waals surface area (Å²) in [5.74, 6) is 0. The number of pyridine rings is 1. The molecular weight excluding hydrogens is 506 g/mol. The van der Waals surface area contributed by atoms with Crippen LogP contribution in [0.3, 0.4) is 0 Å². The van der Waals surface area contributed by atoms with Gasteiger partial charge in [0.1, 0.15) is 0 Å². The lowest BCUT2D eigenvalue weighted by Gasteiger charge is -2.34. The third-order valence-corrected chi connectivity index (χ3v) is 8.87. The molecule has 198 valence electrons. The van der Waals surface area contributed by atoms with Crippen molar-refractivity contribution in [3.63, 3.8) is 0 Å². The summed E-state index contributed by atoms with van der Waals surface area (Å²) in [5.41, 5.74) is 13.1. The second-order valence-electron chi connectivity index (χ2n) is 11.3. The maximum absolute atomic E-state index is 4.71. The van der Waals surface area contributed by atoms with Crippen molar-refractivity contribution in [2.45, 2.75) is 12.3 Å². The molecule has 0 spiro atoms. The van der Waals surface area contributed by atoms with Crippen molar-refractivity contribution in [2.75, 3.05) is 0 Å². The van der Waals surface area contributed by atoms with Crippen molar-refractivity contribution >= 4 is 10.8 Å². The molecule has 1 heteroatoms. The Hall–Kier alpha value is -5.27. The molecule has 0 aliphatic heterocycles. The summed E-state index contributed by atoms with van der Waals surface area (Å²) >= 11 is 0. The monoisotopic (exact) mass is 535 g/mol. The number of benzene rings is 6. The largest absolute Gasteiger partial charge is 0.256 e. The molecule has 0 N–H and O–H groups in total. The standard InChI is InChI=1S/C41H29N/c1-28-14-20-35(21-15-28)41(34-11-3-2-4-12-34)38-26-32(31-17-16-29-9-5-6-10-30(29)25-31)18-22-36(38)37-23-19-33(27-39(37)41)40-13-7-8-24-42-40/h2-27H,1H3. The fourth-order valence-corrected chi connectivity index (χ4v) is 6.85. The highest BCUT2D eigenvalue weighted by molar-refractivity contribution is 5.92. The number of aryl methyl sites for hydroxylation is 1. The summed E-state index contributed by atoms with van der Waals surface area (Å²) in [5, 5.41) is 2.52. The molecule has 0 fully saturated rings. The maximum Gasteiger partial charge on any atom is 0.0714 e. The van der Waals surface area contributed by atoms with Gasteiger partial charge in [0.2, 0.25) is 0 Å². The molecule has 0 bridgehead atoms. The van der Waals surface area contributed by atoms with Gasteiger partial charge in [0.05, 0.1) is 11.1 Å². The van der Waals surface area contributed by atoms with Crippen LogP contribution >= 0.6 is 0 Å². The lowest BCUT2D eigenvalue weighted by Crippen LogP contribution is -2.28. The van der Waals surface area contributed by atoms with Crippen LogP contribution in [0.1, 0.15) is 27.8 Å². The molecule has 6 aromatic carbocycles. The zero-order chi connectivity index (χ0) is 28.1. The van der Waals surface area contributed by atoms with Crippen molar-refractivity contribution in [1.82, 2.24) is 4.98 Å². The van der Waals surface area contributed by atoms with Crippen LogP contribution in [-0.4, -0.2) is 4.98 Å². The third kappa shape index (κ3) is 3.74. The van der Waals surface area contributed by atoms with Crippen molar-refractivity contribution in [3.05, 3.63) is 186 Å². The van der Waals surface area contributed by atoms with Crippen LogP contribution in [0.15, 0.2) is 158 Å². The fourth-order valence-electron chi connectivity index (χ4n) is 6.85. The summed E-state index contributed by atoms with van der Waals surface area (Å²) in [4.78, 5) is 4.71. The molecule has 7 aromatic rings. The van der Waals surface area contributed by atoms with Gasteiger partial charge in [0.25, 0.3) is 0 Å². The van der Waals surface area contributed by atoms with E-state index in [1.807, 2.05) is 12.3 Å². The van der Waals surface area contributed by atoms with E-state index in [0.717, 1.165) is 11.3 Å². The quantitative estimate of drug-likeness (QED) is 0.218. The molecule has 1 atom stereocenters. The summed E-state index contributed by atoms with van der Waals surface area (Å²) in [6.45, 7) is 2.16. The van der Waals surface area contributed by atoms with Gasteiger partial charge in [-0.25, -0.2) is 0 Å². The Balaban J connectivity index is 1.44. The predicted octanol–water partition coefficient (Wildman–Crippen LogP) is 10.2. The molecule has 42 heavy (non-hydrogen) atoms. The highest BCUT2D eigenvalue weighted by Gasteiger charge is 2.46. The highest BCUT2D eigenvalue weighted by atomic mass is 14.7. The Morgan fingerprint density at radius 2 is 1.05 bits per heavy atom. The minimum Gasteiger partial charge on any atom is -0.256 e. The Labute approximate surface area is 246 Å². The molecule has 0 saturated carbocycles. The molecule has 1 nitrogen and oxygen atoms in total. The summed E-state index contributed by atoms with van der Waals surface area (Å²) in [6.07, 6.45) is 1.87. The van der Waals surface area contributed by atoms with Crippen LogP contribution < -0.4 is 0 Å². The highest BCUT2D eigenvalue weighted by Crippen LogP contribution is 2.57. The minimum atomic E-state index is -0.475. The molecule has 1 aromatic heterocycles. The Bertz CT molecular complexity index is 2070. The topological polar surface area (TPSA) is 12.9 Å². The molecule has 1 heterocycles. The van der Waals surface area contributed by atoms with Crippen LogP contribution in [0.5, 0.6) is 0 Å². The molecular formula is C41H29N. The SMILES string of the molecule is Cc1ccc(C2(c3ccccc3)c3cc(-c4ccc5ccccc5c4)ccc3-c3ccc(-c4ccccn4)cc32)cc1. The molecule has 1 aliphatic rings. The van der Waals surface area contributed by atoms with Gasteiger partial charge in [-0.15, -0.1) is 0 Å². The predicted molar refractivity (Wildman–Crippen MR) is 175 cm³/mol. The first kappa shape index (κ1) is 24.5. The lowest BCUT2D eigenvalue weighted by molar-refractivity contribution is 0.768. The van der Waals surface area contributed by atoms with Crippen LogP contribution in [-0.2, 0) is 5.41 Å². The van der Waals surface area contributed by atoms with Crippen molar-refractivity contribution < 1.29 is 0 Å². The van der Waals surface area contributed by atoms with E-state index in [1.165, 1.54) is 60.8 Å². The summed E-state index contributed by atoms with van der Waals surface area (Å²) in [7, 11) is 0. The van der Waals surface area contributed by atoms with E-state index in [-0.39, 0.29) is 0 Å². The number of hydrogen-bond acceptors (Lipinski definition) is 1. The Morgan fingerprint density at radius 1 is 0.452 bits per heavy atom. The van der Waals surface area contributed by atoms with Gasteiger partial charge >= 0.3 is 0 Å². The molecule has 0 saturated heterocycles. The number of hydrogen-bond donors (Lipinski definition) is 0. The van der Waals surface area contributed by atoms with E-state index < -0.39 is 5.41 Å². The third-order valence-electron chi connectivity index (χ3n) is 8.87. The molecule has 0 amide bonds. The Kier molecular flexibility index (Phi) is 5.65. The first-order valence-electron chi connectivity index (χ1n) is 14.5. The summed E-state index contributed by atoms with van der Waals surface area (Å²) < 4.78 is 0. The van der Waals surface area contributed by atoms with Crippen LogP contribution in [0, 0.1) is 6.92 Å². The lowest BCUT2D eigenvalue weighted by atomic mass is 9.67. The van der Waals surface area contributed by atoms with E-state index in [2.05, 4.69) is 153 Å². The maximum atomic E-state index is 4.71. The van der Waals surface area contributed by atoms with Gasteiger partial charge in [-0.2, -0.15) is 0 Å². The van der Waals surface area contributed by atoms with Crippen LogP contribution in [0.25, 0.3) is 44.3 Å². The van der Waals surface area contributed by atoms with Gasteiger partial charge in [0.15, 0.2) is 0 Å². The van der Waals surface area contributed by atoms with E-state index in [9.17, 15) is 0 Å². The number of fused-ring (bicyclic) bond motifs is 4. The van der Waals surface area contributed by atoms with Gasteiger partial charge < -0.3 is 0 Å². The van der Waals surface area contributed by atoms with Crippen LogP contribution in [0.4, 0.5) is 0 Å². The first-order chi connectivity index (χ1) is 20.7. The van der Waals surface area contributed by atoms with Gasteiger partial charge in [0, 0.05) is 11.8 Å². The van der Waals surface area contributed by atoms with Crippen molar-refractivity contribution in [2.24, 2.45) is 0 Å². The number of nitrogens with zero attached hydrogens (tertiary/aromatic N) is 1. The number of aromatic nitrogens is 1. The summed E-state index contributed by atoms with van der Waals surface area (Å²) in [6, 6.07) is 55.6.